The molecule has 1 aromatic carbocycles. The molecule has 2 aromatic heterocycles. The number of rotatable bonds is 6. The predicted molar refractivity (Wildman–Crippen MR) is 94.2 cm³/mol. The van der Waals surface area contributed by atoms with Crippen LogP contribution in [-0.2, 0) is 17.6 Å². The molecule has 2 N–H and O–H groups in total. The third-order valence-electron chi connectivity index (χ3n) is 3.81. The third kappa shape index (κ3) is 4.05. The lowest BCUT2D eigenvalue weighted by atomic mass is 10.0. The van der Waals surface area contributed by atoms with Crippen LogP contribution < -0.4 is 5.32 Å². The number of benzene rings is 1. The largest absolute Gasteiger partial charge is 0.302 e. The number of thiazole rings is 1. The number of carbonyl (C=O) groups excluding carboxylic acids is 1. The lowest BCUT2D eigenvalue weighted by Crippen LogP contribution is -2.12. The van der Waals surface area contributed by atoms with E-state index in [2.05, 4.69) is 44.5 Å². The van der Waals surface area contributed by atoms with Crippen LogP contribution in [0.1, 0.15) is 33.9 Å². The van der Waals surface area contributed by atoms with Gasteiger partial charge in [-0.2, -0.15) is 5.10 Å². The quantitative estimate of drug-likeness (QED) is 0.722. The van der Waals surface area contributed by atoms with Gasteiger partial charge in [0.05, 0.1) is 5.69 Å². The Morgan fingerprint density at radius 1 is 1.29 bits per heavy atom. The number of aromatic nitrogens is 4. The van der Waals surface area contributed by atoms with Crippen LogP contribution >= 0.6 is 11.3 Å². The van der Waals surface area contributed by atoms with Crippen LogP contribution in [0, 0.1) is 13.8 Å². The minimum atomic E-state index is -0.0670. The van der Waals surface area contributed by atoms with Gasteiger partial charge in [-0.05, 0) is 25.0 Å². The molecule has 0 aliphatic rings. The Bertz CT molecular complexity index is 825. The molecule has 2 heterocycles. The Balaban J connectivity index is 1.61. The molecule has 0 unspecified atom stereocenters. The smallest absolute Gasteiger partial charge is 0.226 e. The van der Waals surface area contributed by atoms with Gasteiger partial charge in [0.25, 0.3) is 0 Å². The zero-order valence-corrected chi connectivity index (χ0v) is 14.5. The van der Waals surface area contributed by atoms with Crippen molar-refractivity contribution in [2.75, 3.05) is 5.32 Å². The van der Waals surface area contributed by atoms with Crippen LogP contribution in [0.15, 0.2) is 30.6 Å². The molecule has 0 atom stereocenters. The molecule has 0 spiro atoms. The van der Waals surface area contributed by atoms with Gasteiger partial charge in [0.1, 0.15) is 12.2 Å². The molecule has 0 saturated heterocycles. The summed E-state index contributed by atoms with van der Waals surface area (Å²) in [7, 11) is 0. The van der Waals surface area contributed by atoms with Gasteiger partial charge in [0.2, 0.25) is 5.91 Å². The molecule has 6 nitrogen and oxygen atoms in total. The van der Waals surface area contributed by atoms with Crippen LogP contribution in [-0.4, -0.2) is 26.1 Å². The first-order valence-electron chi connectivity index (χ1n) is 7.76. The van der Waals surface area contributed by atoms with Gasteiger partial charge in [-0.1, -0.05) is 24.3 Å². The van der Waals surface area contributed by atoms with Crippen molar-refractivity contribution in [3.63, 3.8) is 0 Å². The van der Waals surface area contributed by atoms with Gasteiger partial charge < -0.3 is 5.32 Å². The Kier molecular flexibility index (Phi) is 5.00. The van der Waals surface area contributed by atoms with Gasteiger partial charge in [0.15, 0.2) is 5.13 Å². The molecule has 3 aromatic rings. The summed E-state index contributed by atoms with van der Waals surface area (Å²) in [5.41, 5.74) is 3.52. The molecule has 0 fully saturated rings. The van der Waals surface area contributed by atoms with Crippen molar-refractivity contribution in [3.05, 3.63) is 58.1 Å². The van der Waals surface area contributed by atoms with E-state index < -0.39 is 0 Å². The molecule has 3 rings (SSSR count). The molecular formula is C17H19N5OS. The van der Waals surface area contributed by atoms with Gasteiger partial charge in [-0.3, -0.25) is 9.89 Å². The second-order valence-corrected chi connectivity index (χ2v) is 6.69. The van der Waals surface area contributed by atoms with Gasteiger partial charge in [0, 0.05) is 24.1 Å². The number of hydrogen-bond donors (Lipinski definition) is 2. The summed E-state index contributed by atoms with van der Waals surface area (Å²) in [6.45, 7) is 4.09. The normalized spacial score (nSPS) is 10.8. The maximum atomic E-state index is 12.0. The average Bonchev–Trinajstić information content (AvgIpc) is 3.18. The van der Waals surface area contributed by atoms with E-state index in [-0.39, 0.29) is 5.91 Å². The van der Waals surface area contributed by atoms with E-state index in [1.165, 1.54) is 33.7 Å². The van der Waals surface area contributed by atoms with Crippen molar-refractivity contribution >= 4 is 22.4 Å². The second-order valence-electron chi connectivity index (χ2n) is 5.61. The van der Waals surface area contributed by atoms with Crippen LogP contribution in [0.25, 0.3) is 0 Å². The van der Waals surface area contributed by atoms with Crippen LogP contribution in [0.2, 0.25) is 0 Å². The topological polar surface area (TPSA) is 83.6 Å². The SMILES string of the molecule is Cc1ccccc1Cc1sc(NC(=O)CCc2ncn[nH]2)nc1C. The minimum Gasteiger partial charge on any atom is -0.302 e. The zero-order chi connectivity index (χ0) is 16.9. The first-order chi connectivity index (χ1) is 11.6. The summed E-state index contributed by atoms with van der Waals surface area (Å²) < 4.78 is 0. The second kappa shape index (κ2) is 7.35. The van der Waals surface area contributed by atoms with E-state index in [1.807, 2.05) is 19.1 Å². The molecule has 0 saturated carbocycles. The molecule has 1 amide bonds. The molecule has 7 heteroatoms. The van der Waals surface area contributed by atoms with Crippen molar-refractivity contribution < 1.29 is 4.79 Å². The van der Waals surface area contributed by atoms with Crippen molar-refractivity contribution in [1.29, 1.82) is 0 Å². The van der Waals surface area contributed by atoms with Crippen LogP contribution in [0.4, 0.5) is 5.13 Å². The van der Waals surface area contributed by atoms with Crippen molar-refractivity contribution in [3.8, 4) is 0 Å². The number of amides is 1. The summed E-state index contributed by atoms with van der Waals surface area (Å²) in [5.74, 6) is 0.642. The summed E-state index contributed by atoms with van der Waals surface area (Å²) in [5, 5.41) is 10.0. The van der Waals surface area contributed by atoms with E-state index in [0.717, 1.165) is 12.1 Å². The minimum absolute atomic E-state index is 0.0670. The number of carbonyl (C=O) groups is 1. The maximum Gasteiger partial charge on any atom is 0.226 e. The van der Waals surface area contributed by atoms with Crippen molar-refractivity contribution in [2.24, 2.45) is 0 Å². The summed E-state index contributed by atoms with van der Waals surface area (Å²) in [6.07, 6.45) is 3.16. The molecule has 24 heavy (non-hydrogen) atoms. The van der Waals surface area contributed by atoms with E-state index in [4.69, 9.17) is 0 Å². The predicted octanol–water partition coefficient (Wildman–Crippen LogP) is 3.04. The monoisotopic (exact) mass is 341 g/mol. The highest BCUT2D eigenvalue weighted by molar-refractivity contribution is 7.15. The number of nitrogens with zero attached hydrogens (tertiary/aromatic N) is 3. The van der Waals surface area contributed by atoms with E-state index >= 15 is 0 Å². The number of nitrogens with one attached hydrogen (secondary N) is 2. The van der Waals surface area contributed by atoms with E-state index in [9.17, 15) is 4.79 Å². The zero-order valence-electron chi connectivity index (χ0n) is 13.7. The van der Waals surface area contributed by atoms with Gasteiger partial charge in [-0.15, -0.1) is 11.3 Å². The maximum absolute atomic E-state index is 12.0. The first kappa shape index (κ1) is 16.3. The summed E-state index contributed by atoms with van der Waals surface area (Å²) >= 11 is 1.54. The molecule has 0 bridgehead atoms. The van der Waals surface area contributed by atoms with Crippen molar-refractivity contribution in [1.82, 2.24) is 20.2 Å². The van der Waals surface area contributed by atoms with Crippen LogP contribution in [0.3, 0.4) is 0 Å². The highest BCUT2D eigenvalue weighted by Gasteiger charge is 2.12. The fourth-order valence-corrected chi connectivity index (χ4v) is 3.39. The lowest BCUT2D eigenvalue weighted by molar-refractivity contribution is -0.116. The summed E-state index contributed by atoms with van der Waals surface area (Å²) in [4.78, 5) is 21.7. The number of hydrogen-bond acceptors (Lipinski definition) is 5. The molecule has 0 radical (unpaired) electrons. The number of H-pyrrole nitrogens is 1. The van der Waals surface area contributed by atoms with Crippen molar-refractivity contribution in [2.45, 2.75) is 33.1 Å². The first-order valence-corrected chi connectivity index (χ1v) is 8.58. The molecule has 124 valence electrons. The molecular weight excluding hydrogens is 322 g/mol. The standard InChI is InChI=1S/C17H19N5OS/c1-11-5-3-4-6-13(11)9-14-12(2)20-17(24-14)21-16(23)8-7-15-18-10-19-22-15/h3-6,10H,7-9H2,1-2H3,(H,18,19,22)(H,20,21,23). The fourth-order valence-electron chi connectivity index (χ4n) is 2.39. The summed E-state index contributed by atoms with van der Waals surface area (Å²) in [6, 6.07) is 8.32. The third-order valence-corrected chi connectivity index (χ3v) is 4.88. The van der Waals surface area contributed by atoms with Crippen LogP contribution in [0.5, 0.6) is 0 Å². The Hall–Kier alpha value is -2.54. The van der Waals surface area contributed by atoms with E-state index in [1.54, 1.807) is 0 Å². The number of aromatic amines is 1. The number of anilines is 1. The van der Waals surface area contributed by atoms with E-state index in [0.29, 0.717) is 23.8 Å². The number of aryl methyl sites for hydroxylation is 3. The average molecular weight is 341 g/mol. The van der Waals surface area contributed by atoms with Gasteiger partial charge >= 0.3 is 0 Å². The molecule has 0 aliphatic carbocycles. The Morgan fingerprint density at radius 3 is 2.88 bits per heavy atom. The Labute approximate surface area is 144 Å². The molecule has 0 aliphatic heterocycles. The highest BCUT2D eigenvalue weighted by Crippen LogP contribution is 2.26. The Morgan fingerprint density at radius 2 is 2.12 bits per heavy atom. The fraction of sp³-hybridized carbons (Fsp3) is 0.294. The highest BCUT2D eigenvalue weighted by atomic mass is 32.1. The van der Waals surface area contributed by atoms with Gasteiger partial charge in [-0.25, -0.2) is 9.97 Å². The lowest BCUT2D eigenvalue weighted by Gasteiger charge is -2.03.